The third kappa shape index (κ3) is 6.52. The summed E-state index contributed by atoms with van der Waals surface area (Å²) in [5.41, 5.74) is 14.2. The number of Topliss-reactive ketones (excluding diaryl/α,β-unsaturated/α-hetero) is 3. The van der Waals surface area contributed by atoms with Crippen LogP contribution in [0.4, 0.5) is 0 Å². The van der Waals surface area contributed by atoms with Crippen molar-refractivity contribution in [1.29, 1.82) is 10.5 Å². The number of nitrogens with zero attached hydrogens (tertiary/aromatic N) is 7. The van der Waals surface area contributed by atoms with Crippen LogP contribution in [0.5, 0.6) is 11.5 Å². The van der Waals surface area contributed by atoms with Crippen molar-refractivity contribution in [2.45, 2.75) is 155 Å². The van der Waals surface area contributed by atoms with Crippen molar-refractivity contribution in [1.82, 2.24) is 24.9 Å². The Morgan fingerprint density at radius 1 is 0.686 bits per heavy atom. The highest BCUT2D eigenvalue weighted by molar-refractivity contribution is 6.28. The van der Waals surface area contributed by atoms with Crippen LogP contribution in [0.3, 0.4) is 0 Å². The zero-order chi connectivity index (χ0) is 50.4. The molecule has 0 radical (unpaired) electrons. The Morgan fingerprint density at radius 3 is 1.64 bits per heavy atom. The highest BCUT2D eigenvalue weighted by Gasteiger charge is 2.59. The number of carbonyl (C=O) groups is 4. The molecule has 3 N–H and O–H groups in total. The number of aliphatic imine (C=N–C) groups is 1. The van der Waals surface area contributed by atoms with Gasteiger partial charge in [-0.1, -0.05) is 26.0 Å². The number of likely N-dealkylation sites (N-methyl/N-ethyl adjacent to an activating group) is 2. The third-order valence-electron chi connectivity index (χ3n) is 18.2. The van der Waals surface area contributed by atoms with Gasteiger partial charge in [0.25, 0.3) is 0 Å². The number of hydrogen-bond acceptors (Lipinski definition) is 13. The summed E-state index contributed by atoms with van der Waals surface area (Å²) >= 11 is 0. The van der Waals surface area contributed by atoms with Gasteiger partial charge in [-0.05, 0) is 134 Å². The molecule has 3 unspecified atom stereocenters. The highest BCUT2D eigenvalue weighted by atomic mass is 16.3. The fraction of sp³-hybridized carbons (Fsp3) is 0.518. The first-order valence-electron chi connectivity index (χ1n) is 24.9. The number of nitriles is 2. The van der Waals surface area contributed by atoms with E-state index in [0.717, 1.165) is 78.9 Å². The molecule has 364 valence electrons. The van der Waals surface area contributed by atoms with Crippen LogP contribution in [-0.2, 0) is 32.0 Å². The first-order chi connectivity index (χ1) is 33.2. The maximum absolute atomic E-state index is 13.7. The molecule has 7 aliphatic heterocycles. The Bertz CT molecular complexity index is 3030. The van der Waals surface area contributed by atoms with E-state index in [9.17, 15) is 39.9 Å². The number of allylic oxidation sites excluding steroid dienone is 4. The van der Waals surface area contributed by atoms with Crippen LogP contribution in [0.25, 0.3) is 0 Å². The molecule has 2 aromatic rings. The number of ketones is 3. The molecule has 14 nitrogen and oxygen atoms in total. The molecule has 2 aliphatic carbocycles. The average Bonchev–Trinajstić information content (AvgIpc) is 3.78. The molecule has 0 saturated carbocycles. The molecule has 7 heterocycles. The largest absolute Gasteiger partial charge is 0.507 e. The summed E-state index contributed by atoms with van der Waals surface area (Å²) in [7, 11) is 4.06. The molecular weight excluding hydrogens is 881 g/mol. The van der Waals surface area contributed by atoms with Crippen molar-refractivity contribution in [2.24, 2.45) is 10.9 Å². The molecule has 14 heteroatoms. The average molecular weight is 945 g/mol. The van der Waals surface area contributed by atoms with Gasteiger partial charge >= 0.3 is 0 Å². The fourth-order valence-corrected chi connectivity index (χ4v) is 13.9. The number of nitrogens with one attached hydrogen (secondary N) is 1. The molecule has 2 saturated heterocycles. The van der Waals surface area contributed by atoms with Crippen LogP contribution >= 0.6 is 0 Å². The van der Waals surface area contributed by atoms with E-state index in [1.54, 1.807) is 27.7 Å². The number of phenolic OH excluding ortho intramolecular Hbond substituents is 2. The van der Waals surface area contributed by atoms with Crippen molar-refractivity contribution in [2.75, 3.05) is 27.2 Å². The van der Waals surface area contributed by atoms with Crippen LogP contribution in [0.15, 0.2) is 61.7 Å². The number of fused-ring (bicyclic) bond motifs is 13. The van der Waals surface area contributed by atoms with Gasteiger partial charge in [-0.25, -0.2) is 0 Å². The van der Waals surface area contributed by atoms with E-state index in [4.69, 9.17) is 4.99 Å². The van der Waals surface area contributed by atoms with Gasteiger partial charge < -0.3 is 15.5 Å². The van der Waals surface area contributed by atoms with Crippen molar-refractivity contribution in [3.63, 3.8) is 0 Å². The van der Waals surface area contributed by atoms with E-state index >= 15 is 0 Å². The summed E-state index contributed by atoms with van der Waals surface area (Å²) < 4.78 is 0. The van der Waals surface area contributed by atoms with Crippen LogP contribution < -0.4 is 5.32 Å². The first-order valence-corrected chi connectivity index (χ1v) is 24.9. The molecule has 0 aromatic heterocycles. The summed E-state index contributed by atoms with van der Waals surface area (Å²) in [6.45, 7) is 19.5. The van der Waals surface area contributed by atoms with Gasteiger partial charge in [-0.15, -0.1) is 0 Å². The Hall–Kier alpha value is -6.03. The maximum atomic E-state index is 13.7. The quantitative estimate of drug-likeness (QED) is 0.317. The summed E-state index contributed by atoms with van der Waals surface area (Å²) in [5.74, 6) is 0.0316. The molecule has 0 spiro atoms. The van der Waals surface area contributed by atoms with Crippen molar-refractivity contribution < 1.29 is 29.4 Å². The second-order valence-electron chi connectivity index (χ2n) is 21.7. The Balaban J connectivity index is 0.000000164. The number of hydrogen-bond donors (Lipinski definition) is 3. The van der Waals surface area contributed by atoms with E-state index < -0.39 is 12.1 Å². The Kier molecular flexibility index (Phi) is 11.4. The van der Waals surface area contributed by atoms with E-state index in [-0.39, 0.29) is 89.8 Å². The van der Waals surface area contributed by atoms with Crippen molar-refractivity contribution in [3.8, 4) is 23.6 Å². The number of phenols is 2. The lowest BCUT2D eigenvalue weighted by molar-refractivity contribution is -0.125. The van der Waals surface area contributed by atoms with Crippen LogP contribution in [0.2, 0.25) is 0 Å². The zero-order valence-electron chi connectivity index (χ0n) is 42.4. The molecule has 9 aliphatic rings. The number of rotatable bonds is 3. The molecule has 1 amide bonds. The van der Waals surface area contributed by atoms with Crippen LogP contribution in [-0.4, -0.2) is 134 Å². The second kappa shape index (κ2) is 16.8. The molecule has 2 fully saturated rings. The molecule has 2 aromatic carbocycles. The first kappa shape index (κ1) is 47.6. The maximum Gasteiger partial charge on any atom is 0.222 e. The lowest BCUT2D eigenvalue weighted by Gasteiger charge is -2.60. The lowest BCUT2D eigenvalue weighted by atomic mass is 9.69. The van der Waals surface area contributed by atoms with E-state index in [2.05, 4.69) is 56.2 Å². The molecule has 4 bridgehead atoms. The second-order valence-corrected chi connectivity index (χ2v) is 21.7. The summed E-state index contributed by atoms with van der Waals surface area (Å²) in [6.07, 6.45) is 2.20. The number of piperazine rings is 2. The number of carbonyl (C=O) groups excluding carboxylic acids is 4. The smallest absolute Gasteiger partial charge is 0.222 e. The topological polar surface area (TPSA) is 194 Å². The van der Waals surface area contributed by atoms with Crippen LogP contribution in [0.1, 0.15) is 111 Å². The van der Waals surface area contributed by atoms with E-state index in [0.29, 0.717) is 53.8 Å². The predicted octanol–water partition coefficient (Wildman–Crippen LogP) is 5.74. The minimum atomic E-state index is -0.621. The number of benzene rings is 2. The van der Waals surface area contributed by atoms with Crippen LogP contribution in [0, 0.1) is 56.3 Å². The summed E-state index contributed by atoms with van der Waals surface area (Å²) in [4.78, 5) is 67.0. The van der Waals surface area contributed by atoms with Gasteiger partial charge in [0.1, 0.15) is 23.6 Å². The van der Waals surface area contributed by atoms with Gasteiger partial charge in [-0.3, -0.25) is 43.8 Å². The Morgan fingerprint density at radius 2 is 1.14 bits per heavy atom. The monoisotopic (exact) mass is 944 g/mol. The van der Waals surface area contributed by atoms with Gasteiger partial charge in [0, 0.05) is 86.8 Å². The predicted molar refractivity (Wildman–Crippen MR) is 264 cm³/mol. The minimum Gasteiger partial charge on any atom is -0.507 e. The standard InChI is InChI=1S/C30H36N4O4.C26H28N4O2/c1-13(2)30(38)32-12-23-25-19(27(35)16(5)17(6)29(25)37)10-21-26-24-18(8-14(3)15(4)28(24)36)9-20(33(26)7)22(11-31)34(21)23;1-11-6-15-7-17-19(9-27)30-18(24(29(17)5)21(15)26(32)12(11)2)8-16-22-20(30)10-28-23(22)13(3)14(4)25(16)31/h8,13,20-23,26,36H,9-10,12H2,1-7H3,(H,32,38);6,17-20,24,32H,7-8,10H2,1-5H3/t20-,21?,22-,23-,26-;17-,18?,19-,20?,24-/m00/s1. The van der Waals surface area contributed by atoms with E-state index in [1.807, 2.05) is 48.6 Å². The van der Waals surface area contributed by atoms with Crippen molar-refractivity contribution in [3.05, 3.63) is 101 Å². The Labute approximate surface area is 410 Å². The SMILES string of the molecule is CC1=C(C)C(=O)C2=C(CC3[C@H]4c5c(cc(C)c(C)c5O)C[C@@H]([C@H](C#N)N3[C@H]2CNC(=O)C(C)C)N4C)C1=O.CC1=C(C)C2=NCC3C2=C(CC2[C@H]4c5c(cc(C)c(C)c5O)C[C@@H]([C@H](C#N)N32)N4C)C1=O. The molecule has 11 rings (SSSR count). The molecule has 10 atom stereocenters. The van der Waals surface area contributed by atoms with Crippen molar-refractivity contribution >= 4 is 29.0 Å². The third-order valence-corrected chi connectivity index (χ3v) is 18.2. The minimum absolute atomic E-state index is 0.0376. The van der Waals surface area contributed by atoms with E-state index in [1.165, 1.54) is 0 Å². The van der Waals surface area contributed by atoms with Gasteiger partial charge in [0.2, 0.25) is 5.91 Å². The molecule has 70 heavy (non-hydrogen) atoms. The fourth-order valence-electron chi connectivity index (χ4n) is 13.9. The highest BCUT2D eigenvalue weighted by Crippen LogP contribution is 2.55. The summed E-state index contributed by atoms with van der Waals surface area (Å²) in [6, 6.07) is 7.07. The zero-order valence-corrected chi connectivity index (χ0v) is 42.4. The number of aryl methyl sites for hydroxylation is 2. The molecular formula is C56H64N8O6. The number of amides is 1. The van der Waals surface area contributed by atoms with Gasteiger partial charge in [0.15, 0.2) is 17.3 Å². The number of aromatic hydroxyl groups is 2. The normalized spacial score (nSPS) is 31.2. The lowest BCUT2D eigenvalue weighted by Crippen LogP contribution is -2.71. The summed E-state index contributed by atoms with van der Waals surface area (Å²) in [5, 5.41) is 46.4. The van der Waals surface area contributed by atoms with Gasteiger partial charge in [0.05, 0.1) is 48.6 Å². The van der Waals surface area contributed by atoms with Gasteiger partial charge in [-0.2, -0.15) is 10.5 Å².